The Bertz CT molecular complexity index is 1400. The molecule has 8 heteroatoms. The maximum absolute atomic E-state index is 13.0. The van der Waals surface area contributed by atoms with Crippen LogP contribution in [0.2, 0.25) is 0 Å². The first-order chi connectivity index (χ1) is 15.9. The summed E-state index contributed by atoms with van der Waals surface area (Å²) in [5, 5.41) is 8.25. The summed E-state index contributed by atoms with van der Waals surface area (Å²) in [6, 6.07) is 21.3. The summed E-state index contributed by atoms with van der Waals surface area (Å²) in [7, 11) is 0. The quantitative estimate of drug-likeness (QED) is 0.421. The van der Waals surface area contributed by atoms with Crippen molar-refractivity contribution >= 4 is 28.4 Å². The van der Waals surface area contributed by atoms with Crippen LogP contribution >= 0.6 is 0 Å². The summed E-state index contributed by atoms with van der Waals surface area (Å²) >= 11 is 0. The number of carbonyl (C=O) groups excluding carboxylic acids is 2. The number of urea groups is 1. The van der Waals surface area contributed by atoms with Gasteiger partial charge in [0, 0.05) is 16.6 Å². The molecule has 0 aliphatic heterocycles. The van der Waals surface area contributed by atoms with Crippen molar-refractivity contribution in [2.24, 2.45) is 0 Å². The number of carbonyl (C=O) groups is 2. The molecule has 1 heterocycles. The van der Waals surface area contributed by atoms with Crippen molar-refractivity contribution in [3.63, 3.8) is 0 Å². The second-order valence-electron chi connectivity index (χ2n) is 7.65. The van der Waals surface area contributed by atoms with Gasteiger partial charge in [0.2, 0.25) is 0 Å². The number of aryl methyl sites for hydroxylation is 2. The van der Waals surface area contributed by atoms with Crippen molar-refractivity contribution in [1.29, 1.82) is 0 Å². The Balaban J connectivity index is 1.56. The van der Waals surface area contributed by atoms with Gasteiger partial charge in [0.05, 0.1) is 11.1 Å². The monoisotopic (exact) mass is 441 g/mol. The van der Waals surface area contributed by atoms with Crippen LogP contribution in [0.3, 0.4) is 0 Å². The van der Waals surface area contributed by atoms with Gasteiger partial charge >= 0.3 is 6.03 Å². The van der Waals surface area contributed by atoms with E-state index >= 15 is 0 Å². The topological polar surface area (TPSA) is 105 Å². The smallest absolute Gasteiger partial charge is 0.307 e. The largest absolute Gasteiger partial charge is 0.337 e. The Labute approximate surface area is 190 Å². The van der Waals surface area contributed by atoms with Gasteiger partial charge < -0.3 is 5.32 Å². The molecule has 3 amide bonds. The average molecular weight is 441 g/mol. The fourth-order valence-corrected chi connectivity index (χ4v) is 3.43. The van der Waals surface area contributed by atoms with E-state index in [1.54, 1.807) is 36.4 Å². The van der Waals surface area contributed by atoms with Gasteiger partial charge in [-0.2, -0.15) is 5.10 Å². The second-order valence-corrected chi connectivity index (χ2v) is 7.65. The van der Waals surface area contributed by atoms with Gasteiger partial charge in [-0.05, 0) is 49.2 Å². The molecule has 0 fully saturated rings. The van der Waals surface area contributed by atoms with E-state index in [0.717, 1.165) is 21.4 Å². The normalized spacial score (nSPS) is 10.6. The molecule has 4 aromatic rings. The second kappa shape index (κ2) is 9.35. The van der Waals surface area contributed by atoms with E-state index in [1.165, 1.54) is 0 Å². The Morgan fingerprint density at radius 2 is 1.55 bits per heavy atom. The van der Waals surface area contributed by atoms with E-state index in [1.807, 2.05) is 50.2 Å². The highest BCUT2D eigenvalue weighted by molar-refractivity contribution is 5.94. The SMILES string of the molecule is Cc1ccc(-c2nn(CC(=O)NNC(=O)Nc3ccccc3)c(=O)c3ccccc23)cc1C. The maximum atomic E-state index is 13.0. The van der Waals surface area contributed by atoms with Crippen LogP contribution in [0.1, 0.15) is 11.1 Å². The highest BCUT2D eigenvalue weighted by Crippen LogP contribution is 2.26. The minimum Gasteiger partial charge on any atom is -0.307 e. The van der Waals surface area contributed by atoms with E-state index < -0.39 is 11.9 Å². The van der Waals surface area contributed by atoms with Gasteiger partial charge in [-0.3, -0.25) is 15.0 Å². The third-order valence-corrected chi connectivity index (χ3v) is 5.29. The number of nitrogens with one attached hydrogen (secondary N) is 3. The van der Waals surface area contributed by atoms with Gasteiger partial charge in [0.1, 0.15) is 6.54 Å². The maximum Gasteiger partial charge on any atom is 0.337 e. The molecule has 0 bridgehead atoms. The summed E-state index contributed by atoms with van der Waals surface area (Å²) in [4.78, 5) is 37.4. The van der Waals surface area contributed by atoms with Gasteiger partial charge in [0.15, 0.2) is 0 Å². The van der Waals surface area contributed by atoms with Crippen LogP contribution in [0, 0.1) is 13.8 Å². The Hall–Kier alpha value is -4.46. The summed E-state index contributed by atoms with van der Waals surface area (Å²) in [5.41, 5.74) is 8.47. The number of hydrogen-bond acceptors (Lipinski definition) is 4. The standard InChI is InChI=1S/C25H23N5O3/c1-16-12-13-18(14-17(16)2)23-20-10-6-7-11-21(20)24(32)30(29-23)15-22(31)27-28-25(33)26-19-8-4-3-5-9-19/h3-14H,15H2,1-2H3,(H,27,31)(H2,26,28,33). The third kappa shape index (κ3) is 4.90. The molecule has 0 aliphatic rings. The first kappa shape index (κ1) is 21.8. The molecule has 3 N–H and O–H groups in total. The predicted octanol–water partition coefficient (Wildman–Crippen LogP) is 3.53. The number of anilines is 1. The Morgan fingerprint density at radius 1 is 0.848 bits per heavy atom. The number of nitrogens with zero attached hydrogens (tertiary/aromatic N) is 2. The number of benzene rings is 3. The number of rotatable bonds is 4. The van der Waals surface area contributed by atoms with Crippen molar-refractivity contribution in [1.82, 2.24) is 20.6 Å². The zero-order valence-electron chi connectivity index (χ0n) is 18.3. The first-order valence-electron chi connectivity index (χ1n) is 10.4. The summed E-state index contributed by atoms with van der Waals surface area (Å²) in [6.07, 6.45) is 0. The molecule has 1 aromatic heterocycles. The molecule has 0 unspecified atom stereocenters. The van der Waals surface area contributed by atoms with Crippen LogP contribution in [0.5, 0.6) is 0 Å². The zero-order valence-corrected chi connectivity index (χ0v) is 18.3. The molecule has 33 heavy (non-hydrogen) atoms. The molecule has 0 saturated carbocycles. The Kier molecular flexibility index (Phi) is 6.17. The number of hydrogen-bond donors (Lipinski definition) is 3. The summed E-state index contributed by atoms with van der Waals surface area (Å²) in [6.45, 7) is 3.68. The lowest BCUT2D eigenvalue weighted by Gasteiger charge is -2.13. The average Bonchev–Trinajstić information content (AvgIpc) is 2.82. The van der Waals surface area contributed by atoms with Crippen molar-refractivity contribution < 1.29 is 9.59 Å². The highest BCUT2D eigenvalue weighted by atomic mass is 16.2. The molecule has 0 atom stereocenters. The van der Waals surface area contributed by atoms with E-state index in [-0.39, 0.29) is 12.1 Å². The van der Waals surface area contributed by atoms with E-state index in [0.29, 0.717) is 22.2 Å². The molecule has 0 spiro atoms. The lowest BCUT2D eigenvalue weighted by molar-refractivity contribution is -0.122. The third-order valence-electron chi connectivity index (χ3n) is 5.29. The van der Waals surface area contributed by atoms with Crippen LogP contribution in [-0.4, -0.2) is 21.7 Å². The van der Waals surface area contributed by atoms with Crippen LogP contribution in [0.4, 0.5) is 10.5 Å². The minimum absolute atomic E-state index is 0.354. The van der Waals surface area contributed by atoms with Crippen molar-refractivity contribution in [3.8, 4) is 11.3 Å². The van der Waals surface area contributed by atoms with Crippen molar-refractivity contribution in [3.05, 3.63) is 94.3 Å². The molecule has 0 radical (unpaired) electrons. The van der Waals surface area contributed by atoms with E-state index in [4.69, 9.17) is 0 Å². The van der Waals surface area contributed by atoms with Gasteiger partial charge in [-0.15, -0.1) is 0 Å². The van der Waals surface area contributed by atoms with Gasteiger partial charge in [-0.25, -0.2) is 14.9 Å². The van der Waals surface area contributed by atoms with Gasteiger partial charge in [0.25, 0.3) is 11.5 Å². The molecule has 4 rings (SSSR count). The zero-order chi connectivity index (χ0) is 23.4. The van der Waals surface area contributed by atoms with Crippen LogP contribution in [0.15, 0.2) is 77.6 Å². The predicted molar refractivity (Wildman–Crippen MR) is 128 cm³/mol. The molecule has 8 nitrogen and oxygen atoms in total. The van der Waals surface area contributed by atoms with Crippen molar-refractivity contribution in [2.45, 2.75) is 20.4 Å². The van der Waals surface area contributed by atoms with Crippen LogP contribution < -0.4 is 21.7 Å². The lowest BCUT2D eigenvalue weighted by atomic mass is 10.0. The number of amides is 3. The van der Waals surface area contributed by atoms with Crippen LogP contribution in [0.25, 0.3) is 22.0 Å². The summed E-state index contributed by atoms with van der Waals surface area (Å²) < 4.78 is 1.11. The van der Waals surface area contributed by atoms with Crippen molar-refractivity contribution in [2.75, 3.05) is 5.32 Å². The van der Waals surface area contributed by atoms with E-state index in [9.17, 15) is 14.4 Å². The number of hydrazine groups is 1. The number of fused-ring (bicyclic) bond motifs is 1. The molecule has 0 aliphatic carbocycles. The summed E-state index contributed by atoms with van der Waals surface area (Å²) in [5.74, 6) is -0.589. The minimum atomic E-state index is -0.607. The lowest BCUT2D eigenvalue weighted by Crippen LogP contribution is -2.46. The molecular formula is C25H23N5O3. The fourth-order valence-electron chi connectivity index (χ4n) is 3.43. The van der Waals surface area contributed by atoms with E-state index in [2.05, 4.69) is 21.3 Å². The molecule has 0 saturated heterocycles. The van der Waals surface area contributed by atoms with Gasteiger partial charge in [-0.1, -0.05) is 48.5 Å². The number of para-hydroxylation sites is 1. The molecular weight excluding hydrogens is 418 g/mol. The fraction of sp³-hybridized carbons (Fsp3) is 0.120. The van der Waals surface area contributed by atoms with Crippen LogP contribution in [-0.2, 0) is 11.3 Å². The Morgan fingerprint density at radius 3 is 2.27 bits per heavy atom. The molecule has 166 valence electrons. The first-order valence-corrected chi connectivity index (χ1v) is 10.4. The number of aromatic nitrogens is 2. The highest BCUT2D eigenvalue weighted by Gasteiger charge is 2.15. The molecule has 3 aromatic carbocycles.